The lowest BCUT2D eigenvalue weighted by atomic mass is 9.81. The van der Waals surface area contributed by atoms with E-state index in [0.29, 0.717) is 12.0 Å². The zero-order valence-corrected chi connectivity index (χ0v) is 32.0. The molecule has 1 spiro atoms. The van der Waals surface area contributed by atoms with Crippen LogP contribution in [0.3, 0.4) is 0 Å². The minimum Gasteiger partial charge on any atom is -0.507 e. The van der Waals surface area contributed by atoms with Gasteiger partial charge in [0.2, 0.25) is 24.0 Å². The number of nitrogens with two attached hydrogens (primary N) is 1. The van der Waals surface area contributed by atoms with Gasteiger partial charge in [-0.2, -0.15) is 0 Å². The van der Waals surface area contributed by atoms with Crippen LogP contribution in [0.5, 0.6) is 23.0 Å². The minimum atomic E-state index is -3.55. The van der Waals surface area contributed by atoms with Crippen LogP contribution in [0, 0.1) is 0 Å². The molecule has 22 heteroatoms. The summed E-state index contributed by atoms with van der Waals surface area (Å²) in [5.41, 5.74) is 6.50. The van der Waals surface area contributed by atoms with Crippen molar-refractivity contribution >= 4 is 22.9 Å². The molecule has 11 atom stereocenters. The van der Waals surface area contributed by atoms with E-state index in [1.807, 2.05) is 6.92 Å². The number of phenolic OH excluding ortho intramolecular Hbond substituents is 3. The van der Waals surface area contributed by atoms with E-state index in [2.05, 4.69) is 5.32 Å². The molecular weight excluding hydrogens is 816 g/mol. The second-order valence-corrected chi connectivity index (χ2v) is 15.2. The van der Waals surface area contributed by atoms with Crippen LogP contribution < -0.4 is 21.2 Å². The highest BCUT2D eigenvalue weighted by Gasteiger charge is 2.62. The van der Waals surface area contributed by atoms with Crippen molar-refractivity contribution in [2.45, 2.75) is 105 Å². The molecule has 2 fully saturated rings. The third-order valence-corrected chi connectivity index (χ3v) is 11.4. The van der Waals surface area contributed by atoms with E-state index in [1.54, 1.807) is 12.3 Å². The molecule has 0 aliphatic carbocycles. The number of aliphatic hydroxyl groups excluding tert-OH is 6. The van der Waals surface area contributed by atoms with E-state index < -0.39 is 120 Å². The molecule has 3 aromatic rings. The van der Waals surface area contributed by atoms with Gasteiger partial charge in [-0.15, -0.1) is 0 Å². The number of esters is 1. The van der Waals surface area contributed by atoms with Gasteiger partial charge < -0.3 is 95.7 Å². The van der Waals surface area contributed by atoms with E-state index in [4.69, 9.17) is 29.1 Å². The predicted octanol–water partition coefficient (Wildman–Crippen LogP) is -2.59. The van der Waals surface area contributed by atoms with Crippen LogP contribution in [0.1, 0.15) is 43.2 Å². The molecule has 15 N–H and O–H groups in total. The Labute approximate surface area is 343 Å². The minimum absolute atomic E-state index is 0.0494. The predicted molar refractivity (Wildman–Crippen MR) is 201 cm³/mol. The summed E-state index contributed by atoms with van der Waals surface area (Å²) in [5.74, 6) is -13.0. The number of dihydropyridines is 1. The standard InChI is InChI=1S/C39H44N2O20/c1-2-13-7-16(12-41-34(13)40)17-3-5-38(31(50)28(48)27(47)30(61-38)36(54)59-37-29(49)32(51)39(55,56)33(58-37)35(52)53)60-22-11-21-24(26(46)23(17)22)18(43)10-20(57-21)15-8-14(4-6-42)25(45)19(44)9-15/h7-12,17,27-34,37,41-42,44-51,55-56H,2-6,40H2,1H3,(H,52,53)/t17-,27-,28-,29+,30-,31+,32+,33+,34?,37+,38-/m0/s1. The molecule has 61 heavy (non-hydrogen) atoms. The molecule has 0 radical (unpaired) electrons. The number of carboxylic acids is 1. The van der Waals surface area contributed by atoms with Gasteiger partial charge in [0.05, 0.1) is 6.17 Å². The van der Waals surface area contributed by atoms with Gasteiger partial charge in [-0.25, -0.2) is 9.59 Å². The molecule has 1 aromatic heterocycles. The Morgan fingerprint density at radius 3 is 2.38 bits per heavy atom. The van der Waals surface area contributed by atoms with Crippen LogP contribution in [0.4, 0.5) is 0 Å². The van der Waals surface area contributed by atoms with Gasteiger partial charge in [0.25, 0.3) is 0 Å². The fraction of sp³-hybridized carbons (Fsp3) is 0.462. The molecule has 7 rings (SSSR count). The van der Waals surface area contributed by atoms with E-state index in [1.165, 1.54) is 6.07 Å². The van der Waals surface area contributed by atoms with Gasteiger partial charge in [-0.3, -0.25) is 4.79 Å². The molecule has 5 heterocycles. The summed E-state index contributed by atoms with van der Waals surface area (Å²) in [4.78, 5) is 39.2. The first-order valence-electron chi connectivity index (χ1n) is 19.0. The first-order chi connectivity index (χ1) is 28.7. The Hall–Kier alpha value is -5.37. The summed E-state index contributed by atoms with van der Waals surface area (Å²) >= 11 is 0. The number of ether oxygens (including phenoxy) is 4. The van der Waals surface area contributed by atoms with Gasteiger partial charge in [-0.05, 0) is 42.5 Å². The van der Waals surface area contributed by atoms with E-state index >= 15 is 0 Å². The average Bonchev–Trinajstić information content (AvgIpc) is 3.37. The summed E-state index contributed by atoms with van der Waals surface area (Å²) in [6.45, 7) is 1.45. The highest BCUT2D eigenvalue weighted by Crippen LogP contribution is 2.52. The lowest BCUT2D eigenvalue weighted by molar-refractivity contribution is -0.375. The fourth-order valence-corrected chi connectivity index (χ4v) is 8.06. The molecule has 22 nitrogen and oxygen atoms in total. The Bertz CT molecular complexity index is 2360. The number of nitrogens with one attached hydrogen (secondary N) is 1. The third-order valence-electron chi connectivity index (χ3n) is 11.4. The van der Waals surface area contributed by atoms with Crippen LogP contribution in [0.15, 0.2) is 56.9 Å². The SMILES string of the molecule is CCC1=CC([C@@H]2CC[C@]3(Oc4cc5oc(-c6cc(O)c(O)c(CCO)c6)cc(=O)c5c(O)c42)O[C@H](C(=O)O[C@H]2O[C@H](C(=O)O)C(O)(O)[C@H](O)[C@H]2O)[C@@H](O)[C@H](O)[C@H]3O)=CNC1N. The maximum atomic E-state index is 13.8. The fourth-order valence-electron chi connectivity index (χ4n) is 8.06. The number of carbonyl (C=O) groups excluding carboxylic acids is 1. The second-order valence-electron chi connectivity index (χ2n) is 15.2. The highest BCUT2D eigenvalue weighted by atomic mass is 16.8. The van der Waals surface area contributed by atoms with Gasteiger partial charge in [-0.1, -0.05) is 13.0 Å². The summed E-state index contributed by atoms with van der Waals surface area (Å²) < 4.78 is 28.3. The molecule has 2 saturated heterocycles. The number of aromatic hydroxyl groups is 3. The average molecular weight is 861 g/mol. The maximum Gasteiger partial charge on any atom is 0.340 e. The lowest BCUT2D eigenvalue weighted by Crippen LogP contribution is -2.70. The van der Waals surface area contributed by atoms with Crippen molar-refractivity contribution < 1.29 is 94.2 Å². The number of rotatable bonds is 8. The third kappa shape index (κ3) is 7.44. The number of allylic oxidation sites excluding steroid dienone is 2. The molecule has 0 bridgehead atoms. The Morgan fingerprint density at radius 1 is 0.984 bits per heavy atom. The van der Waals surface area contributed by atoms with Crippen molar-refractivity contribution in [3.05, 3.63) is 69.0 Å². The number of fused-ring (bicyclic) bond motifs is 2. The van der Waals surface area contributed by atoms with Crippen LogP contribution >= 0.6 is 0 Å². The van der Waals surface area contributed by atoms with Gasteiger partial charge in [0, 0.05) is 54.0 Å². The molecule has 2 aromatic carbocycles. The smallest absolute Gasteiger partial charge is 0.340 e. The van der Waals surface area contributed by atoms with Crippen molar-refractivity contribution in [1.29, 1.82) is 0 Å². The van der Waals surface area contributed by atoms with Crippen LogP contribution in [0.25, 0.3) is 22.3 Å². The number of aliphatic hydroxyl groups is 8. The number of carboxylic acid groups (broad SMARTS) is 1. The van der Waals surface area contributed by atoms with Gasteiger partial charge in [0.15, 0.2) is 23.0 Å². The topological polar surface area (TPSA) is 382 Å². The largest absolute Gasteiger partial charge is 0.507 e. The van der Waals surface area contributed by atoms with Crippen LogP contribution in [-0.2, 0) is 30.2 Å². The first kappa shape index (κ1) is 43.7. The molecule has 1 unspecified atom stereocenters. The van der Waals surface area contributed by atoms with Gasteiger partial charge in [0.1, 0.15) is 58.7 Å². The number of benzene rings is 2. The Balaban J connectivity index is 1.33. The summed E-state index contributed by atoms with van der Waals surface area (Å²) in [7, 11) is 0. The summed E-state index contributed by atoms with van der Waals surface area (Å²) in [6.07, 6.45) is -16.8. The van der Waals surface area contributed by atoms with Gasteiger partial charge >= 0.3 is 11.9 Å². The van der Waals surface area contributed by atoms with Crippen molar-refractivity contribution in [2.24, 2.45) is 5.73 Å². The molecular formula is C39H44N2O20. The Kier molecular flexibility index (Phi) is 11.6. The van der Waals surface area contributed by atoms with E-state index in [-0.39, 0.29) is 52.0 Å². The first-order valence-corrected chi connectivity index (χ1v) is 19.0. The van der Waals surface area contributed by atoms with Crippen LogP contribution in [0.2, 0.25) is 0 Å². The Morgan fingerprint density at radius 2 is 1.70 bits per heavy atom. The maximum absolute atomic E-state index is 13.8. The number of hydrogen-bond acceptors (Lipinski definition) is 21. The second kappa shape index (κ2) is 16.2. The van der Waals surface area contributed by atoms with Crippen molar-refractivity contribution in [3.8, 4) is 34.3 Å². The molecule has 0 amide bonds. The number of phenols is 3. The highest BCUT2D eigenvalue weighted by molar-refractivity contribution is 5.89. The van der Waals surface area contributed by atoms with Crippen molar-refractivity contribution in [3.63, 3.8) is 0 Å². The molecule has 330 valence electrons. The number of aliphatic carboxylic acids is 1. The van der Waals surface area contributed by atoms with Crippen molar-refractivity contribution in [1.82, 2.24) is 5.32 Å². The van der Waals surface area contributed by atoms with Crippen molar-refractivity contribution in [2.75, 3.05) is 6.61 Å². The normalized spacial score (nSPS) is 32.2. The zero-order valence-electron chi connectivity index (χ0n) is 32.0. The van der Waals surface area contributed by atoms with E-state index in [0.717, 1.165) is 23.8 Å². The van der Waals surface area contributed by atoms with E-state index in [9.17, 15) is 75.7 Å². The molecule has 4 aliphatic rings. The lowest BCUT2D eigenvalue weighted by Gasteiger charge is -2.47. The number of carbonyl (C=O) groups is 2. The zero-order chi connectivity index (χ0) is 44.5. The number of hydrogen-bond donors (Lipinski definition) is 14. The summed E-state index contributed by atoms with van der Waals surface area (Å²) in [6, 6.07) is 4.64. The van der Waals surface area contributed by atoms with Crippen LogP contribution in [-0.4, -0.2) is 147 Å². The monoisotopic (exact) mass is 860 g/mol. The quantitative estimate of drug-likeness (QED) is 0.0628. The molecule has 4 aliphatic heterocycles. The molecule has 0 saturated carbocycles. The summed E-state index contributed by atoms with van der Waals surface area (Å²) in [5, 5.41) is 129.